The zero-order valence-electron chi connectivity index (χ0n) is 10.7. The van der Waals surface area contributed by atoms with Gasteiger partial charge in [0.2, 0.25) is 0 Å². The Labute approximate surface area is 116 Å². The second kappa shape index (κ2) is 5.79. The standard InChI is InChI=1S/C13H16F2N2OS/c1-17(9-2-3-9)4-5-18-12-10(14)6-8(13(16)19)7-11(12)15/h6-7,9H,2-5H2,1H3,(H2,16,19). The van der Waals surface area contributed by atoms with Crippen LogP contribution in [0.1, 0.15) is 18.4 Å². The van der Waals surface area contributed by atoms with Gasteiger partial charge in [0.05, 0.1) is 0 Å². The van der Waals surface area contributed by atoms with E-state index in [4.69, 9.17) is 10.5 Å². The number of nitrogens with two attached hydrogens (primary N) is 1. The number of nitrogens with zero attached hydrogens (tertiary/aromatic N) is 1. The highest BCUT2D eigenvalue weighted by molar-refractivity contribution is 7.80. The van der Waals surface area contributed by atoms with Gasteiger partial charge in [-0.25, -0.2) is 8.78 Å². The maximum atomic E-state index is 13.7. The molecule has 0 aliphatic heterocycles. The third-order valence-corrected chi connectivity index (χ3v) is 3.38. The van der Waals surface area contributed by atoms with Crippen molar-refractivity contribution in [3.63, 3.8) is 0 Å². The van der Waals surface area contributed by atoms with E-state index in [0.717, 1.165) is 12.1 Å². The van der Waals surface area contributed by atoms with Crippen LogP contribution in [-0.2, 0) is 0 Å². The van der Waals surface area contributed by atoms with Crippen LogP contribution in [-0.4, -0.2) is 36.1 Å². The smallest absolute Gasteiger partial charge is 0.190 e. The molecular weight excluding hydrogens is 270 g/mol. The molecule has 0 amide bonds. The van der Waals surface area contributed by atoms with Gasteiger partial charge in [0.15, 0.2) is 17.4 Å². The van der Waals surface area contributed by atoms with Crippen LogP contribution in [0, 0.1) is 11.6 Å². The van der Waals surface area contributed by atoms with Crippen molar-refractivity contribution in [3.05, 3.63) is 29.3 Å². The summed E-state index contributed by atoms with van der Waals surface area (Å²) >= 11 is 4.68. The Hall–Kier alpha value is -1.27. The Kier molecular flexibility index (Phi) is 4.31. The first-order valence-electron chi connectivity index (χ1n) is 6.11. The fourth-order valence-corrected chi connectivity index (χ4v) is 1.95. The summed E-state index contributed by atoms with van der Waals surface area (Å²) in [6.07, 6.45) is 2.36. The van der Waals surface area contributed by atoms with Crippen LogP contribution in [0.3, 0.4) is 0 Å². The molecule has 6 heteroatoms. The lowest BCUT2D eigenvalue weighted by Gasteiger charge is -2.16. The van der Waals surface area contributed by atoms with E-state index in [-0.39, 0.29) is 22.9 Å². The highest BCUT2D eigenvalue weighted by atomic mass is 32.1. The maximum Gasteiger partial charge on any atom is 0.190 e. The van der Waals surface area contributed by atoms with Crippen LogP contribution in [0.15, 0.2) is 12.1 Å². The minimum absolute atomic E-state index is 0.0437. The first-order chi connectivity index (χ1) is 8.99. The van der Waals surface area contributed by atoms with E-state index in [1.54, 1.807) is 0 Å². The van der Waals surface area contributed by atoms with Crippen molar-refractivity contribution in [3.8, 4) is 5.75 Å². The van der Waals surface area contributed by atoms with Gasteiger partial charge in [0, 0.05) is 18.2 Å². The molecule has 1 fully saturated rings. The molecule has 0 bridgehead atoms. The van der Waals surface area contributed by atoms with Crippen LogP contribution in [0.5, 0.6) is 5.75 Å². The molecule has 0 atom stereocenters. The topological polar surface area (TPSA) is 38.5 Å². The number of likely N-dealkylation sites (N-methyl/N-ethyl adjacent to an activating group) is 1. The van der Waals surface area contributed by atoms with E-state index in [0.29, 0.717) is 12.6 Å². The summed E-state index contributed by atoms with van der Waals surface area (Å²) < 4.78 is 32.5. The Balaban J connectivity index is 1.97. The second-order valence-corrected chi connectivity index (χ2v) is 5.13. The van der Waals surface area contributed by atoms with Gasteiger partial charge >= 0.3 is 0 Å². The number of benzene rings is 1. The molecule has 1 aromatic rings. The zero-order chi connectivity index (χ0) is 14.0. The number of ether oxygens (including phenoxy) is 1. The number of halogens is 2. The lowest BCUT2D eigenvalue weighted by Crippen LogP contribution is -2.26. The Morgan fingerprint density at radius 3 is 2.47 bits per heavy atom. The fourth-order valence-electron chi connectivity index (χ4n) is 1.83. The Morgan fingerprint density at radius 1 is 1.42 bits per heavy atom. The lowest BCUT2D eigenvalue weighted by atomic mass is 10.2. The molecule has 2 N–H and O–H groups in total. The van der Waals surface area contributed by atoms with Crippen molar-refractivity contribution >= 4 is 17.2 Å². The Bertz CT molecular complexity index is 469. The van der Waals surface area contributed by atoms with Gasteiger partial charge in [-0.1, -0.05) is 12.2 Å². The number of hydrogen-bond acceptors (Lipinski definition) is 3. The fraction of sp³-hybridized carbons (Fsp3) is 0.462. The van der Waals surface area contributed by atoms with Crippen molar-refractivity contribution in [1.82, 2.24) is 4.90 Å². The monoisotopic (exact) mass is 286 g/mol. The minimum Gasteiger partial charge on any atom is -0.486 e. The molecule has 1 aliphatic rings. The van der Waals surface area contributed by atoms with Crippen molar-refractivity contribution in [2.45, 2.75) is 18.9 Å². The molecule has 1 aromatic carbocycles. The van der Waals surface area contributed by atoms with Crippen LogP contribution in [0.25, 0.3) is 0 Å². The van der Waals surface area contributed by atoms with Crippen molar-refractivity contribution in [2.24, 2.45) is 5.73 Å². The predicted molar refractivity (Wildman–Crippen MR) is 73.4 cm³/mol. The summed E-state index contributed by atoms with van der Waals surface area (Å²) in [5.74, 6) is -1.93. The molecule has 2 rings (SSSR count). The minimum atomic E-state index is -0.781. The van der Waals surface area contributed by atoms with Gasteiger partial charge in [-0.15, -0.1) is 0 Å². The van der Waals surface area contributed by atoms with Crippen molar-refractivity contribution in [1.29, 1.82) is 0 Å². The Morgan fingerprint density at radius 2 is 2.00 bits per heavy atom. The largest absolute Gasteiger partial charge is 0.486 e. The van der Waals surface area contributed by atoms with E-state index in [1.807, 2.05) is 7.05 Å². The molecule has 19 heavy (non-hydrogen) atoms. The molecule has 0 saturated heterocycles. The summed E-state index contributed by atoms with van der Waals surface area (Å²) in [4.78, 5) is 2.08. The van der Waals surface area contributed by atoms with Crippen LogP contribution >= 0.6 is 12.2 Å². The highest BCUT2D eigenvalue weighted by Crippen LogP contribution is 2.26. The van der Waals surface area contributed by atoms with Crippen molar-refractivity contribution in [2.75, 3.05) is 20.2 Å². The summed E-state index contributed by atoms with van der Waals surface area (Å²) in [5, 5.41) is 0. The van der Waals surface area contributed by atoms with Gasteiger partial charge in [-0.05, 0) is 32.0 Å². The van der Waals surface area contributed by atoms with Gasteiger partial charge in [0.25, 0.3) is 0 Å². The van der Waals surface area contributed by atoms with E-state index >= 15 is 0 Å². The van der Waals surface area contributed by atoms with Gasteiger partial charge in [-0.3, -0.25) is 0 Å². The van der Waals surface area contributed by atoms with Crippen LogP contribution in [0.2, 0.25) is 0 Å². The molecule has 0 spiro atoms. The average Bonchev–Trinajstić information content (AvgIpc) is 3.15. The molecule has 1 aliphatic carbocycles. The first-order valence-corrected chi connectivity index (χ1v) is 6.51. The molecule has 0 aromatic heterocycles. The second-order valence-electron chi connectivity index (χ2n) is 4.69. The zero-order valence-corrected chi connectivity index (χ0v) is 11.5. The van der Waals surface area contributed by atoms with E-state index < -0.39 is 11.6 Å². The third-order valence-electron chi connectivity index (χ3n) is 3.14. The first kappa shape index (κ1) is 14.1. The molecule has 0 heterocycles. The van der Waals surface area contributed by atoms with Gasteiger partial charge in [0.1, 0.15) is 11.6 Å². The highest BCUT2D eigenvalue weighted by Gasteiger charge is 2.25. The number of hydrogen-bond donors (Lipinski definition) is 1. The molecule has 0 unspecified atom stereocenters. The summed E-state index contributed by atoms with van der Waals surface area (Å²) in [7, 11) is 1.98. The van der Waals surface area contributed by atoms with Crippen LogP contribution < -0.4 is 10.5 Å². The van der Waals surface area contributed by atoms with E-state index in [2.05, 4.69) is 17.1 Å². The SMILES string of the molecule is CN(CCOc1c(F)cc(C(N)=S)cc1F)C1CC1. The number of rotatable bonds is 6. The average molecular weight is 286 g/mol. The maximum absolute atomic E-state index is 13.7. The normalized spacial score (nSPS) is 14.7. The number of thiocarbonyl (C=S) groups is 1. The predicted octanol–water partition coefficient (Wildman–Crippen LogP) is 2.07. The van der Waals surface area contributed by atoms with Crippen LogP contribution in [0.4, 0.5) is 8.78 Å². The molecule has 0 radical (unpaired) electrons. The molecule has 1 saturated carbocycles. The molecular formula is C13H16F2N2OS. The van der Waals surface area contributed by atoms with E-state index in [9.17, 15) is 8.78 Å². The van der Waals surface area contributed by atoms with Gasteiger partial charge < -0.3 is 15.4 Å². The summed E-state index contributed by atoms with van der Waals surface area (Å²) in [6, 6.07) is 2.77. The summed E-state index contributed by atoms with van der Waals surface area (Å²) in [6.45, 7) is 0.883. The molecule has 104 valence electrons. The summed E-state index contributed by atoms with van der Waals surface area (Å²) in [5.41, 5.74) is 5.49. The van der Waals surface area contributed by atoms with E-state index in [1.165, 1.54) is 12.8 Å². The van der Waals surface area contributed by atoms with Crippen molar-refractivity contribution < 1.29 is 13.5 Å². The lowest BCUT2D eigenvalue weighted by molar-refractivity contribution is 0.219. The van der Waals surface area contributed by atoms with Gasteiger partial charge in [-0.2, -0.15) is 0 Å². The molecule has 3 nitrogen and oxygen atoms in total. The quantitative estimate of drug-likeness (QED) is 0.813. The third kappa shape index (κ3) is 3.61.